The van der Waals surface area contributed by atoms with Gasteiger partial charge in [-0.15, -0.1) is 6.42 Å². The summed E-state index contributed by atoms with van der Waals surface area (Å²) in [4.78, 5) is 0. The van der Waals surface area contributed by atoms with Gasteiger partial charge in [0.05, 0.1) is 13.2 Å². The highest BCUT2D eigenvalue weighted by Gasteiger charge is 2.39. The Labute approximate surface area is 83.1 Å². The third-order valence-electron chi connectivity index (χ3n) is 1.72. The molecular formula is C8H12BFO4. The molecule has 78 valence electrons. The molecule has 0 aliphatic heterocycles. The Bertz CT molecular complexity index is 202. The Hall–Kier alpha value is -0.605. The van der Waals surface area contributed by atoms with Crippen molar-refractivity contribution in [3.63, 3.8) is 0 Å². The van der Waals surface area contributed by atoms with E-state index in [1.807, 2.05) is 5.92 Å². The maximum Gasteiger partial charge on any atom is 0.155 e. The lowest BCUT2D eigenvalue weighted by atomic mass is 9.95. The molecule has 14 heavy (non-hydrogen) atoms. The number of rotatable bonds is 6. The van der Waals surface area contributed by atoms with Gasteiger partial charge in [-0.3, -0.25) is 0 Å². The summed E-state index contributed by atoms with van der Waals surface area (Å²) in [6.45, 7) is -2.61. The zero-order chi connectivity index (χ0) is 11.2. The van der Waals surface area contributed by atoms with Crippen molar-refractivity contribution in [1.82, 2.24) is 0 Å². The average molecular weight is 202 g/mol. The number of aliphatic hydroxyl groups excluding tert-OH is 3. The van der Waals surface area contributed by atoms with Crippen LogP contribution in [0, 0.1) is 12.3 Å². The van der Waals surface area contributed by atoms with Crippen molar-refractivity contribution in [2.75, 3.05) is 19.9 Å². The standard InChI is InChI=1S/C8H12BFO4/c1-2-6(13)8(4-10,5-12)14-7(9)3-11/h1,6-7,11-13H,3-5H2/t6-,7+,8+/m0/s1. The van der Waals surface area contributed by atoms with E-state index in [4.69, 9.17) is 29.2 Å². The van der Waals surface area contributed by atoms with E-state index in [0.717, 1.165) is 0 Å². The van der Waals surface area contributed by atoms with Crippen molar-refractivity contribution in [3.8, 4) is 12.3 Å². The average Bonchev–Trinajstić information content (AvgIpc) is 2.24. The number of alkyl halides is 1. The van der Waals surface area contributed by atoms with Crippen LogP contribution in [0.2, 0.25) is 0 Å². The molecule has 0 spiro atoms. The molecule has 0 aromatic heterocycles. The van der Waals surface area contributed by atoms with Gasteiger partial charge in [-0.2, -0.15) is 0 Å². The maximum atomic E-state index is 12.6. The van der Waals surface area contributed by atoms with E-state index < -0.39 is 37.6 Å². The van der Waals surface area contributed by atoms with Crippen LogP contribution in [0.1, 0.15) is 0 Å². The predicted molar refractivity (Wildman–Crippen MR) is 48.3 cm³/mol. The second-order valence-corrected chi connectivity index (χ2v) is 2.76. The minimum Gasteiger partial charge on any atom is -0.395 e. The molecule has 6 heteroatoms. The van der Waals surface area contributed by atoms with Crippen LogP contribution in [0.25, 0.3) is 0 Å². The highest BCUT2D eigenvalue weighted by Crippen LogP contribution is 2.18. The van der Waals surface area contributed by atoms with Crippen LogP contribution in [-0.4, -0.2) is 60.8 Å². The minimum absolute atomic E-state index is 0.570. The van der Waals surface area contributed by atoms with E-state index >= 15 is 0 Å². The summed E-state index contributed by atoms with van der Waals surface area (Å²) in [6, 6.07) is -1.21. The number of hydrogen-bond donors (Lipinski definition) is 3. The molecule has 3 atom stereocenters. The van der Waals surface area contributed by atoms with Crippen LogP contribution in [0.5, 0.6) is 0 Å². The Morgan fingerprint density at radius 1 is 1.57 bits per heavy atom. The molecule has 2 radical (unpaired) electrons. The van der Waals surface area contributed by atoms with Gasteiger partial charge in [-0.1, -0.05) is 5.92 Å². The second-order valence-electron chi connectivity index (χ2n) is 2.76. The first kappa shape index (κ1) is 13.4. The van der Waals surface area contributed by atoms with Crippen molar-refractivity contribution in [1.29, 1.82) is 0 Å². The van der Waals surface area contributed by atoms with Gasteiger partial charge in [0, 0.05) is 6.00 Å². The summed E-state index contributed by atoms with van der Waals surface area (Å²) in [5.74, 6) is 1.83. The second kappa shape index (κ2) is 5.99. The van der Waals surface area contributed by atoms with Crippen molar-refractivity contribution in [2.45, 2.75) is 17.7 Å². The number of halogens is 1. The molecule has 0 aliphatic rings. The first-order valence-electron chi connectivity index (χ1n) is 3.91. The molecule has 0 aromatic rings. The summed E-state index contributed by atoms with van der Waals surface area (Å²) in [6.07, 6.45) is 3.24. The fraction of sp³-hybridized carbons (Fsp3) is 0.750. The van der Waals surface area contributed by atoms with Crippen molar-refractivity contribution in [3.05, 3.63) is 0 Å². The normalized spacial score (nSPS) is 19.4. The molecule has 4 nitrogen and oxygen atoms in total. The Balaban J connectivity index is 4.62. The summed E-state index contributed by atoms with van der Waals surface area (Å²) in [5.41, 5.74) is -1.96. The van der Waals surface area contributed by atoms with Crippen LogP contribution in [0.3, 0.4) is 0 Å². The highest BCUT2D eigenvalue weighted by molar-refractivity contribution is 6.11. The van der Waals surface area contributed by atoms with Crippen LogP contribution in [0.4, 0.5) is 4.39 Å². The summed E-state index contributed by atoms with van der Waals surface area (Å²) in [5, 5.41) is 26.6. The number of aliphatic hydroxyl groups is 3. The first-order valence-corrected chi connectivity index (χ1v) is 3.91. The predicted octanol–water partition coefficient (Wildman–Crippen LogP) is -1.82. The maximum absolute atomic E-state index is 12.6. The van der Waals surface area contributed by atoms with Crippen LogP contribution < -0.4 is 0 Å². The van der Waals surface area contributed by atoms with E-state index in [1.165, 1.54) is 0 Å². The molecule has 0 aromatic carbocycles. The van der Waals surface area contributed by atoms with Crippen LogP contribution in [0.15, 0.2) is 0 Å². The largest absolute Gasteiger partial charge is 0.395 e. The fourth-order valence-corrected chi connectivity index (χ4v) is 0.826. The van der Waals surface area contributed by atoms with Crippen molar-refractivity contribution < 1.29 is 24.4 Å². The summed E-state index contributed by atoms with van der Waals surface area (Å²) >= 11 is 0. The first-order chi connectivity index (χ1) is 6.56. The fourth-order valence-electron chi connectivity index (χ4n) is 0.826. The Kier molecular flexibility index (Phi) is 5.73. The molecular weight excluding hydrogens is 190 g/mol. The van der Waals surface area contributed by atoms with Gasteiger partial charge in [-0.25, -0.2) is 4.39 Å². The monoisotopic (exact) mass is 202 g/mol. The lowest BCUT2D eigenvalue weighted by Gasteiger charge is -2.33. The van der Waals surface area contributed by atoms with Gasteiger partial charge in [0.15, 0.2) is 5.60 Å². The third-order valence-corrected chi connectivity index (χ3v) is 1.72. The molecule has 3 N–H and O–H groups in total. The van der Waals surface area contributed by atoms with Gasteiger partial charge in [0.1, 0.15) is 20.6 Å². The van der Waals surface area contributed by atoms with E-state index in [1.54, 1.807) is 0 Å². The number of terminal acetylenes is 1. The van der Waals surface area contributed by atoms with E-state index in [9.17, 15) is 9.50 Å². The molecule has 0 bridgehead atoms. The molecule has 0 aliphatic carbocycles. The highest BCUT2D eigenvalue weighted by atomic mass is 19.1. The molecule has 0 saturated heterocycles. The number of hydrogen-bond acceptors (Lipinski definition) is 4. The third kappa shape index (κ3) is 2.96. The molecule has 0 saturated carbocycles. The SMILES string of the molecule is [B][C@@H](CO)O[C@@](CO)(CF)[C@@H](O)C#C. The molecule has 0 unspecified atom stereocenters. The zero-order valence-electron chi connectivity index (χ0n) is 7.56. The van der Waals surface area contributed by atoms with Crippen molar-refractivity contribution in [2.24, 2.45) is 0 Å². The molecule has 0 amide bonds. The minimum atomic E-state index is -1.96. The molecule has 0 rings (SSSR count). The molecule has 0 fully saturated rings. The van der Waals surface area contributed by atoms with Gasteiger partial charge in [0.25, 0.3) is 0 Å². The van der Waals surface area contributed by atoms with Crippen molar-refractivity contribution >= 4 is 7.85 Å². The van der Waals surface area contributed by atoms with E-state index in [0.29, 0.717) is 0 Å². The van der Waals surface area contributed by atoms with Gasteiger partial charge < -0.3 is 20.1 Å². The molecule has 0 heterocycles. The van der Waals surface area contributed by atoms with E-state index in [2.05, 4.69) is 0 Å². The van der Waals surface area contributed by atoms with E-state index in [-0.39, 0.29) is 0 Å². The van der Waals surface area contributed by atoms with Gasteiger partial charge in [-0.05, 0) is 0 Å². The Morgan fingerprint density at radius 2 is 2.14 bits per heavy atom. The smallest absolute Gasteiger partial charge is 0.155 e. The Morgan fingerprint density at radius 3 is 2.43 bits per heavy atom. The summed E-state index contributed by atoms with van der Waals surface area (Å²) < 4.78 is 17.3. The van der Waals surface area contributed by atoms with Gasteiger partial charge in [0.2, 0.25) is 0 Å². The zero-order valence-corrected chi connectivity index (χ0v) is 7.56. The van der Waals surface area contributed by atoms with Crippen LogP contribution in [-0.2, 0) is 4.74 Å². The summed E-state index contributed by atoms with van der Waals surface area (Å²) in [7, 11) is 5.17. The number of ether oxygens (including phenoxy) is 1. The van der Waals surface area contributed by atoms with Crippen LogP contribution >= 0.6 is 0 Å². The lowest BCUT2D eigenvalue weighted by molar-refractivity contribution is -0.157. The lowest BCUT2D eigenvalue weighted by Crippen LogP contribution is -2.52. The quantitative estimate of drug-likeness (QED) is 0.350. The topological polar surface area (TPSA) is 69.9 Å². The van der Waals surface area contributed by atoms with Gasteiger partial charge >= 0.3 is 0 Å².